The Labute approximate surface area is 88.6 Å². The first-order valence-corrected chi connectivity index (χ1v) is 5.80. The van der Waals surface area contributed by atoms with Crippen LogP contribution in [0.1, 0.15) is 33.6 Å². The van der Waals surface area contributed by atoms with Gasteiger partial charge in [0.05, 0.1) is 12.7 Å². The highest BCUT2D eigenvalue weighted by atomic mass is 16.5. The summed E-state index contributed by atoms with van der Waals surface area (Å²) in [5.74, 6) is 1.55. The highest BCUT2D eigenvalue weighted by molar-refractivity contribution is 4.87. The van der Waals surface area contributed by atoms with E-state index in [1.165, 1.54) is 12.8 Å². The summed E-state index contributed by atoms with van der Waals surface area (Å²) in [5, 5.41) is 0. The van der Waals surface area contributed by atoms with Crippen molar-refractivity contribution in [3.05, 3.63) is 0 Å². The molecule has 0 N–H and O–H groups in total. The van der Waals surface area contributed by atoms with Crippen LogP contribution in [0.2, 0.25) is 0 Å². The van der Waals surface area contributed by atoms with E-state index in [1.54, 1.807) is 0 Å². The molecule has 0 aromatic carbocycles. The topological polar surface area (TPSA) is 12.5 Å². The van der Waals surface area contributed by atoms with Crippen molar-refractivity contribution in [3.8, 4) is 0 Å². The van der Waals surface area contributed by atoms with Gasteiger partial charge >= 0.3 is 0 Å². The van der Waals surface area contributed by atoms with E-state index < -0.39 is 0 Å². The maximum Gasteiger partial charge on any atom is 0.0519 e. The van der Waals surface area contributed by atoms with E-state index in [2.05, 4.69) is 39.8 Å². The molecule has 0 aromatic rings. The summed E-state index contributed by atoms with van der Waals surface area (Å²) in [5.41, 5.74) is 0. The highest BCUT2D eigenvalue weighted by Crippen LogP contribution is 2.34. The Kier molecular flexibility index (Phi) is 4.39. The first kappa shape index (κ1) is 12.0. The van der Waals surface area contributed by atoms with Gasteiger partial charge in [-0.3, -0.25) is 0 Å². The van der Waals surface area contributed by atoms with Gasteiger partial charge in [0.15, 0.2) is 0 Å². The standard InChI is InChI=1S/C12H25NO/c1-9(2)14-8-11-10(3)6-7-12(11)13(4)5/h9-12H,6-8H2,1-5H3/t10-,11+,12-/m1/s1. The fourth-order valence-corrected chi connectivity index (χ4v) is 2.46. The van der Waals surface area contributed by atoms with E-state index in [0.29, 0.717) is 6.10 Å². The molecular weight excluding hydrogens is 174 g/mol. The molecule has 2 nitrogen and oxygen atoms in total. The summed E-state index contributed by atoms with van der Waals surface area (Å²) in [7, 11) is 4.37. The molecule has 0 heterocycles. The molecule has 0 saturated heterocycles. The lowest BCUT2D eigenvalue weighted by atomic mass is 9.95. The second-order valence-corrected chi connectivity index (χ2v) is 5.13. The quantitative estimate of drug-likeness (QED) is 0.689. The van der Waals surface area contributed by atoms with Crippen molar-refractivity contribution in [2.75, 3.05) is 20.7 Å². The van der Waals surface area contributed by atoms with Crippen molar-refractivity contribution in [2.45, 2.75) is 45.8 Å². The second-order valence-electron chi connectivity index (χ2n) is 5.13. The Bertz CT molecular complexity index is 168. The zero-order valence-electron chi connectivity index (χ0n) is 10.3. The van der Waals surface area contributed by atoms with Crippen LogP contribution in [0.3, 0.4) is 0 Å². The van der Waals surface area contributed by atoms with Gasteiger partial charge in [0, 0.05) is 12.0 Å². The van der Waals surface area contributed by atoms with E-state index in [-0.39, 0.29) is 0 Å². The molecule has 84 valence electrons. The number of nitrogens with zero attached hydrogens (tertiary/aromatic N) is 1. The van der Waals surface area contributed by atoms with Gasteiger partial charge in [0.25, 0.3) is 0 Å². The predicted octanol–water partition coefficient (Wildman–Crippen LogP) is 2.39. The van der Waals surface area contributed by atoms with E-state index in [4.69, 9.17) is 4.74 Å². The van der Waals surface area contributed by atoms with Gasteiger partial charge in [0.1, 0.15) is 0 Å². The van der Waals surface area contributed by atoms with E-state index in [1.807, 2.05) is 0 Å². The first-order chi connectivity index (χ1) is 6.52. The zero-order valence-corrected chi connectivity index (χ0v) is 10.3. The minimum atomic E-state index is 0.366. The lowest BCUT2D eigenvalue weighted by Gasteiger charge is -2.28. The van der Waals surface area contributed by atoms with Gasteiger partial charge < -0.3 is 9.64 Å². The van der Waals surface area contributed by atoms with Gasteiger partial charge in [-0.1, -0.05) is 6.92 Å². The van der Waals surface area contributed by atoms with E-state index in [9.17, 15) is 0 Å². The molecule has 2 heteroatoms. The molecule has 0 amide bonds. The normalized spacial score (nSPS) is 33.2. The molecule has 0 spiro atoms. The van der Waals surface area contributed by atoms with Crippen LogP contribution in [0, 0.1) is 11.8 Å². The van der Waals surface area contributed by atoms with Crippen LogP contribution in [0.4, 0.5) is 0 Å². The minimum absolute atomic E-state index is 0.366. The van der Waals surface area contributed by atoms with Crippen molar-refractivity contribution in [1.29, 1.82) is 0 Å². The number of hydrogen-bond acceptors (Lipinski definition) is 2. The summed E-state index contributed by atoms with van der Waals surface area (Å²) in [4.78, 5) is 2.36. The monoisotopic (exact) mass is 199 g/mol. The Morgan fingerprint density at radius 1 is 1.29 bits per heavy atom. The average molecular weight is 199 g/mol. The van der Waals surface area contributed by atoms with Crippen LogP contribution in [0.5, 0.6) is 0 Å². The third kappa shape index (κ3) is 2.96. The predicted molar refractivity (Wildman–Crippen MR) is 60.5 cm³/mol. The summed E-state index contributed by atoms with van der Waals surface area (Å²) < 4.78 is 5.75. The molecule has 1 aliphatic rings. The lowest BCUT2D eigenvalue weighted by Crippen LogP contribution is -2.35. The second kappa shape index (κ2) is 5.13. The molecule has 0 aliphatic heterocycles. The first-order valence-electron chi connectivity index (χ1n) is 5.80. The lowest BCUT2D eigenvalue weighted by molar-refractivity contribution is 0.0243. The summed E-state index contributed by atoms with van der Waals surface area (Å²) in [6.45, 7) is 7.52. The Balaban J connectivity index is 2.45. The van der Waals surface area contributed by atoms with Crippen molar-refractivity contribution >= 4 is 0 Å². The molecule has 0 unspecified atom stereocenters. The summed E-state index contributed by atoms with van der Waals surface area (Å²) >= 11 is 0. The van der Waals surface area contributed by atoms with Crippen LogP contribution in [0.25, 0.3) is 0 Å². The minimum Gasteiger partial charge on any atom is -0.378 e. The van der Waals surface area contributed by atoms with Crippen molar-refractivity contribution < 1.29 is 4.74 Å². The molecule has 1 rings (SSSR count). The molecular formula is C12H25NO. The van der Waals surface area contributed by atoms with Gasteiger partial charge in [-0.25, -0.2) is 0 Å². The highest BCUT2D eigenvalue weighted by Gasteiger charge is 2.34. The number of ether oxygens (including phenoxy) is 1. The van der Waals surface area contributed by atoms with Crippen molar-refractivity contribution in [3.63, 3.8) is 0 Å². The van der Waals surface area contributed by atoms with E-state index in [0.717, 1.165) is 24.5 Å². The molecule has 3 atom stereocenters. The number of hydrogen-bond donors (Lipinski definition) is 0. The SMILES string of the molecule is CC(C)OC[C@H]1[C@H](C)CC[C@H]1N(C)C. The molecule has 1 saturated carbocycles. The molecule has 14 heavy (non-hydrogen) atoms. The molecule has 1 aliphatic carbocycles. The fraction of sp³-hybridized carbons (Fsp3) is 1.00. The van der Waals surface area contributed by atoms with Crippen LogP contribution in [-0.2, 0) is 4.74 Å². The van der Waals surface area contributed by atoms with Crippen LogP contribution < -0.4 is 0 Å². The van der Waals surface area contributed by atoms with Crippen molar-refractivity contribution in [1.82, 2.24) is 4.90 Å². The Hall–Kier alpha value is -0.0800. The van der Waals surface area contributed by atoms with Crippen LogP contribution in [-0.4, -0.2) is 37.7 Å². The smallest absolute Gasteiger partial charge is 0.0519 e. The Morgan fingerprint density at radius 3 is 2.43 bits per heavy atom. The van der Waals surface area contributed by atoms with E-state index >= 15 is 0 Å². The third-order valence-corrected chi connectivity index (χ3v) is 3.43. The molecule has 0 radical (unpaired) electrons. The number of rotatable bonds is 4. The molecule has 0 bridgehead atoms. The Morgan fingerprint density at radius 2 is 1.93 bits per heavy atom. The summed E-state index contributed by atoms with van der Waals surface area (Å²) in [6, 6.07) is 0.726. The molecule has 0 aromatic heterocycles. The average Bonchev–Trinajstić information content (AvgIpc) is 2.43. The maximum absolute atomic E-state index is 5.75. The largest absolute Gasteiger partial charge is 0.378 e. The van der Waals surface area contributed by atoms with Gasteiger partial charge in [-0.05, 0) is 46.7 Å². The van der Waals surface area contributed by atoms with Crippen molar-refractivity contribution in [2.24, 2.45) is 11.8 Å². The zero-order chi connectivity index (χ0) is 10.7. The third-order valence-electron chi connectivity index (χ3n) is 3.43. The molecule has 1 fully saturated rings. The van der Waals surface area contributed by atoms with Crippen LogP contribution in [0.15, 0.2) is 0 Å². The maximum atomic E-state index is 5.75. The summed E-state index contributed by atoms with van der Waals surface area (Å²) in [6.07, 6.45) is 3.06. The van der Waals surface area contributed by atoms with Gasteiger partial charge in [-0.2, -0.15) is 0 Å². The van der Waals surface area contributed by atoms with Gasteiger partial charge in [-0.15, -0.1) is 0 Å². The van der Waals surface area contributed by atoms with Crippen LogP contribution >= 0.6 is 0 Å². The fourth-order valence-electron chi connectivity index (χ4n) is 2.46. The van der Waals surface area contributed by atoms with Gasteiger partial charge in [0.2, 0.25) is 0 Å².